The van der Waals surface area contributed by atoms with Gasteiger partial charge in [0.1, 0.15) is 0 Å². The van der Waals surface area contributed by atoms with Gasteiger partial charge in [-0.05, 0) is 36.8 Å². The lowest BCUT2D eigenvalue weighted by molar-refractivity contribution is 0.763. The number of nitrogens with one attached hydrogen (secondary N) is 1. The highest BCUT2D eigenvalue weighted by atomic mass is 14.8. The Kier molecular flexibility index (Phi) is 2.47. The summed E-state index contributed by atoms with van der Waals surface area (Å²) in [6.45, 7) is 1.03. The Labute approximate surface area is 78.4 Å². The summed E-state index contributed by atoms with van der Waals surface area (Å²) in [5, 5.41) is 3.11. The normalized spacial score (nSPS) is 14.5. The molecular formula is C11H12N2. The first kappa shape index (κ1) is 8.12. The van der Waals surface area contributed by atoms with Crippen molar-refractivity contribution in [3.8, 4) is 12.0 Å². The molecule has 2 heteroatoms. The zero-order valence-corrected chi connectivity index (χ0v) is 7.46. The molecule has 0 amide bonds. The Morgan fingerprint density at radius 3 is 3.15 bits per heavy atom. The summed E-state index contributed by atoms with van der Waals surface area (Å²) in [6.07, 6.45) is 6.25. The maximum absolute atomic E-state index is 3.98. The molecule has 0 aromatic carbocycles. The van der Waals surface area contributed by atoms with Crippen LogP contribution in [0, 0.1) is 17.9 Å². The van der Waals surface area contributed by atoms with Crippen LogP contribution in [0.15, 0.2) is 24.5 Å². The van der Waals surface area contributed by atoms with Crippen LogP contribution in [0.5, 0.6) is 0 Å². The van der Waals surface area contributed by atoms with Crippen molar-refractivity contribution in [2.24, 2.45) is 5.92 Å². The van der Waals surface area contributed by atoms with Gasteiger partial charge in [-0.3, -0.25) is 4.98 Å². The number of hydrogen-bond acceptors (Lipinski definition) is 2. The van der Waals surface area contributed by atoms with E-state index in [0.717, 1.165) is 18.0 Å². The zero-order chi connectivity index (χ0) is 8.93. The third-order valence-electron chi connectivity index (χ3n) is 2.04. The van der Waals surface area contributed by atoms with Crippen LogP contribution in [0.4, 0.5) is 0 Å². The molecule has 1 aliphatic rings. The monoisotopic (exact) mass is 172 g/mol. The Bertz CT molecular complexity index is 317. The van der Waals surface area contributed by atoms with Crippen molar-refractivity contribution in [2.75, 3.05) is 6.54 Å². The second kappa shape index (κ2) is 3.95. The molecule has 1 aromatic rings. The standard InChI is InChI=1S/C11H12N2/c1-2-10(8-12-6-1)5-7-13-9-11-3-4-11/h1-2,6,8,11,13H,3-4,9H2. The number of aromatic nitrogens is 1. The van der Waals surface area contributed by atoms with Gasteiger partial charge in [0.2, 0.25) is 0 Å². The van der Waals surface area contributed by atoms with E-state index in [1.54, 1.807) is 12.4 Å². The average Bonchev–Trinajstić information content (AvgIpc) is 2.98. The van der Waals surface area contributed by atoms with Gasteiger partial charge in [0.15, 0.2) is 0 Å². The Balaban J connectivity index is 1.81. The minimum absolute atomic E-state index is 0.878. The molecule has 1 aromatic heterocycles. The van der Waals surface area contributed by atoms with Gasteiger partial charge in [0, 0.05) is 30.5 Å². The van der Waals surface area contributed by atoms with Crippen LogP contribution in [-0.2, 0) is 0 Å². The first-order valence-electron chi connectivity index (χ1n) is 4.59. The van der Waals surface area contributed by atoms with Crippen molar-refractivity contribution in [3.63, 3.8) is 0 Å². The summed E-state index contributed by atoms with van der Waals surface area (Å²) in [5.74, 6) is 3.88. The van der Waals surface area contributed by atoms with Crippen molar-refractivity contribution < 1.29 is 0 Å². The highest BCUT2D eigenvalue weighted by molar-refractivity contribution is 5.30. The first-order chi connectivity index (χ1) is 6.45. The molecule has 1 N–H and O–H groups in total. The van der Waals surface area contributed by atoms with Crippen molar-refractivity contribution in [1.29, 1.82) is 0 Å². The van der Waals surface area contributed by atoms with Crippen LogP contribution in [0.2, 0.25) is 0 Å². The van der Waals surface area contributed by atoms with E-state index in [9.17, 15) is 0 Å². The van der Waals surface area contributed by atoms with Crippen LogP contribution >= 0.6 is 0 Å². The van der Waals surface area contributed by atoms with Crippen LogP contribution in [0.3, 0.4) is 0 Å². The maximum atomic E-state index is 3.98. The van der Waals surface area contributed by atoms with Crippen molar-refractivity contribution >= 4 is 0 Å². The molecular weight excluding hydrogens is 160 g/mol. The van der Waals surface area contributed by atoms with E-state index in [1.807, 2.05) is 12.1 Å². The van der Waals surface area contributed by atoms with Crippen LogP contribution < -0.4 is 5.32 Å². The minimum atomic E-state index is 0.878. The molecule has 1 saturated carbocycles. The molecule has 13 heavy (non-hydrogen) atoms. The van der Waals surface area contributed by atoms with E-state index in [0.29, 0.717) is 0 Å². The molecule has 0 unspecified atom stereocenters. The van der Waals surface area contributed by atoms with Gasteiger partial charge in [0.25, 0.3) is 0 Å². The molecule has 2 rings (SSSR count). The van der Waals surface area contributed by atoms with Crippen LogP contribution in [0.25, 0.3) is 0 Å². The van der Waals surface area contributed by atoms with E-state index >= 15 is 0 Å². The second-order valence-corrected chi connectivity index (χ2v) is 3.32. The van der Waals surface area contributed by atoms with Gasteiger partial charge in [-0.25, -0.2) is 0 Å². The lowest BCUT2D eigenvalue weighted by Gasteiger charge is -1.91. The Morgan fingerprint density at radius 2 is 2.46 bits per heavy atom. The Hall–Kier alpha value is -1.49. The lowest BCUT2D eigenvalue weighted by atomic mass is 10.3. The summed E-state index contributed by atoms with van der Waals surface area (Å²) < 4.78 is 0. The molecule has 0 radical (unpaired) electrons. The summed E-state index contributed by atoms with van der Waals surface area (Å²) in [4.78, 5) is 3.98. The largest absolute Gasteiger partial charge is 0.345 e. The fraction of sp³-hybridized carbons (Fsp3) is 0.364. The number of rotatable bonds is 2. The van der Waals surface area contributed by atoms with Crippen molar-refractivity contribution in [3.05, 3.63) is 30.1 Å². The summed E-state index contributed by atoms with van der Waals surface area (Å²) in [5.41, 5.74) is 0.964. The molecule has 2 nitrogen and oxygen atoms in total. The van der Waals surface area contributed by atoms with Gasteiger partial charge >= 0.3 is 0 Å². The van der Waals surface area contributed by atoms with E-state index in [2.05, 4.69) is 22.3 Å². The van der Waals surface area contributed by atoms with Gasteiger partial charge in [-0.15, -0.1) is 0 Å². The number of nitrogens with zero attached hydrogens (tertiary/aromatic N) is 1. The Morgan fingerprint density at radius 1 is 1.54 bits per heavy atom. The molecule has 0 saturated heterocycles. The summed E-state index contributed by atoms with van der Waals surface area (Å²) in [7, 11) is 0. The molecule has 0 spiro atoms. The molecule has 66 valence electrons. The molecule has 0 atom stereocenters. The third-order valence-corrected chi connectivity index (χ3v) is 2.04. The quantitative estimate of drug-likeness (QED) is 0.538. The highest BCUT2D eigenvalue weighted by Crippen LogP contribution is 2.27. The fourth-order valence-electron chi connectivity index (χ4n) is 1.07. The first-order valence-corrected chi connectivity index (χ1v) is 4.59. The van der Waals surface area contributed by atoms with Crippen LogP contribution in [0.1, 0.15) is 18.4 Å². The smallest absolute Gasteiger partial charge is 0.0447 e. The average molecular weight is 172 g/mol. The second-order valence-electron chi connectivity index (χ2n) is 3.32. The van der Waals surface area contributed by atoms with Crippen molar-refractivity contribution in [2.45, 2.75) is 12.8 Å². The van der Waals surface area contributed by atoms with Gasteiger partial charge in [-0.2, -0.15) is 0 Å². The number of pyridine rings is 1. The predicted octanol–water partition coefficient (Wildman–Crippen LogP) is 1.39. The molecule has 0 bridgehead atoms. The maximum Gasteiger partial charge on any atom is 0.0447 e. The van der Waals surface area contributed by atoms with Crippen LogP contribution in [-0.4, -0.2) is 11.5 Å². The van der Waals surface area contributed by atoms with E-state index < -0.39 is 0 Å². The predicted molar refractivity (Wildman–Crippen MR) is 51.8 cm³/mol. The number of hydrogen-bond donors (Lipinski definition) is 1. The van der Waals surface area contributed by atoms with E-state index in [1.165, 1.54) is 12.8 Å². The van der Waals surface area contributed by atoms with Gasteiger partial charge in [-0.1, -0.05) is 0 Å². The van der Waals surface area contributed by atoms with Gasteiger partial charge < -0.3 is 5.32 Å². The molecule has 1 aliphatic carbocycles. The summed E-state index contributed by atoms with van der Waals surface area (Å²) >= 11 is 0. The minimum Gasteiger partial charge on any atom is -0.345 e. The van der Waals surface area contributed by atoms with Gasteiger partial charge in [0.05, 0.1) is 0 Å². The zero-order valence-electron chi connectivity index (χ0n) is 7.46. The van der Waals surface area contributed by atoms with E-state index in [-0.39, 0.29) is 0 Å². The van der Waals surface area contributed by atoms with E-state index in [4.69, 9.17) is 0 Å². The fourth-order valence-corrected chi connectivity index (χ4v) is 1.07. The molecule has 0 aliphatic heterocycles. The third kappa shape index (κ3) is 2.79. The highest BCUT2D eigenvalue weighted by Gasteiger charge is 2.19. The lowest BCUT2D eigenvalue weighted by Crippen LogP contribution is -2.08. The molecule has 1 fully saturated rings. The topological polar surface area (TPSA) is 24.9 Å². The SMILES string of the molecule is C(#Cc1cccnc1)NCC1CC1. The summed E-state index contributed by atoms with van der Waals surface area (Å²) in [6, 6.07) is 6.78. The van der Waals surface area contributed by atoms with Crippen molar-refractivity contribution in [1.82, 2.24) is 10.3 Å². The molecule has 1 heterocycles.